The number of nitrogens with one attached hydrogen (secondary N) is 2. The van der Waals surface area contributed by atoms with Gasteiger partial charge in [-0.3, -0.25) is 19.7 Å². The molecule has 2 aliphatic rings. The number of fused-ring (bicyclic) bond motifs is 2. The van der Waals surface area contributed by atoms with Crippen molar-refractivity contribution in [3.8, 4) is 11.5 Å². The smallest absolute Gasteiger partial charge is 0.271 e. The van der Waals surface area contributed by atoms with Crippen LogP contribution in [0.25, 0.3) is 11.3 Å². The molecule has 2 amide bonds. The van der Waals surface area contributed by atoms with Crippen molar-refractivity contribution in [1.29, 1.82) is 0 Å². The number of hydrogen-bond acceptors (Lipinski definition) is 8. The average molecular weight is 558 g/mol. The van der Waals surface area contributed by atoms with E-state index >= 15 is 0 Å². The average Bonchev–Trinajstić information content (AvgIpc) is 3.28. The van der Waals surface area contributed by atoms with Crippen LogP contribution >= 0.6 is 0 Å². The predicted octanol–water partition coefficient (Wildman–Crippen LogP) is 4.60. The van der Waals surface area contributed by atoms with Gasteiger partial charge in [-0.2, -0.15) is 0 Å². The van der Waals surface area contributed by atoms with Crippen molar-refractivity contribution in [2.45, 2.75) is 13.3 Å². The lowest BCUT2D eigenvalue weighted by Crippen LogP contribution is -2.31. The van der Waals surface area contributed by atoms with Crippen molar-refractivity contribution in [3.63, 3.8) is 0 Å². The Hall–Kier alpha value is -4.90. The Bertz CT molecular complexity index is 1530. The van der Waals surface area contributed by atoms with Gasteiger partial charge in [0.15, 0.2) is 11.5 Å². The first-order chi connectivity index (χ1) is 19.7. The number of ether oxygens (including phenoxy) is 2. The Morgan fingerprint density at radius 2 is 1.73 bits per heavy atom. The van der Waals surface area contributed by atoms with Crippen LogP contribution in [0.2, 0.25) is 0 Å². The first-order valence-corrected chi connectivity index (χ1v) is 13.3. The molecular formula is C30H31N5O6. The molecule has 0 aromatic heterocycles. The molecule has 2 aliphatic heterocycles. The molecule has 0 saturated heterocycles. The number of benzene rings is 3. The van der Waals surface area contributed by atoms with Crippen molar-refractivity contribution in [3.05, 3.63) is 81.9 Å². The van der Waals surface area contributed by atoms with Crippen LogP contribution in [-0.2, 0) is 9.59 Å². The minimum absolute atomic E-state index is 0.0446. The second-order valence-electron chi connectivity index (χ2n) is 10.0. The zero-order chi connectivity index (χ0) is 29.1. The van der Waals surface area contributed by atoms with Gasteiger partial charge in [-0.05, 0) is 75.6 Å². The van der Waals surface area contributed by atoms with Gasteiger partial charge in [-0.25, -0.2) is 0 Å². The molecule has 0 unspecified atom stereocenters. The molecule has 11 heteroatoms. The zero-order valence-electron chi connectivity index (χ0n) is 23.1. The fourth-order valence-electron chi connectivity index (χ4n) is 4.88. The molecule has 11 nitrogen and oxygen atoms in total. The van der Waals surface area contributed by atoms with E-state index in [9.17, 15) is 19.7 Å². The second kappa shape index (κ2) is 11.7. The summed E-state index contributed by atoms with van der Waals surface area (Å²) in [7, 11) is 3.99. The SMILES string of the molecule is CC(=O)N(CCCN(C)C)c1ccc(NC(=C2C(=O)Nc3cc([N+](=O)[O-])ccc32)c2ccc3c(c2)OCCO3)cc1. The third kappa shape index (κ3) is 5.99. The van der Waals surface area contributed by atoms with Crippen LogP contribution in [0.4, 0.5) is 22.7 Å². The normalized spacial score (nSPS) is 14.8. The first-order valence-electron chi connectivity index (χ1n) is 13.3. The lowest BCUT2D eigenvalue weighted by atomic mass is 9.99. The number of nitrogens with zero attached hydrogens (tertiary/aromatic N) is 3. The van der Waals surface area contributed by atoms with E-state index in [4.69, 9.17) is 9.47 Å². The fraction of sp³-hybridized carbons (Fsp3) is 0.267. The highest BCUT2D eigenvalue weighted by molar-refractivity contribution is 6.37. The van der Waals surface area contributed by atoms with Crippen LogP contribution in [-0.4, -0.2) is 62.0 Å². The maximum absolute atomic E-state index is 13.3. The van der Waals surface area contributed by atoms with Crippen LogP contribution in [0.3, 0.4) is 0 Å². The number of carbonyl (C=O) groups excluding carboxylic acids is 2. The largest absolute Gasteiger partial charge is 0.486 e. The number of nitro groups is 1. The number of anilines is 3. The van der Waals surface area contributed by atoms with Crippen LogP contribution in [0.1, 0.15) is 24.5 Å². The minimum Gasteiger partial charge on any atom is -0.486 e. The van der Waals surface area contributed by atoms with Gasteiger partial charge in [0.2, 0.25) is 5.91 Å². The van der Waals surface area contributed by atoms with Crippen LogP contribution in [0, 0.1) is 10.1 Å². The summed E-state index contributed by atoms with van der Waals surface area (Å²) in [6, 6.07) is 17.1. The highest BCUT2D eigenvalue weighted by atomic mass is 16.6. The van der Waals surface area contributed by atoms with Gasteiger partial charge in [0.25, 0.3) is 11.6 Å². The highest BCUT2D eigenvalue weighted by Gasteiger charge is 2.30. The summed E-state index contributed by atoms with van der Waals surface area (Å²) < 4.78 is 11.5. The maximum atomic E-state index is 13.3. The van der Waals surface area contributed by atoms with Gasteiger partial charge in [0, 0.05) is 48.1 Å². The summed E-state index contributed by atoms with van der Waals surface area (Å²) in [5, 5.41) is 17.5. The van der Waals surface area contributed by atoms with E-state index in [2.05, 4.69) is 15.5 Å². The third-order valence-corrected chi connectivity index (χ3v) is 6.85. The number of non-ortho nitro benzene ring substituents is 1. The van der Waals surface area contributed by atoms with E-state index < -0.39 is 10.8 Å². The molecule has 0 fully saturated rings. The summed E-state index contributed by atoms with van der Waals surface area (Å²) in [6.07, 6.45) is 0.833. The molecule has 0 aliphatic carbocycles. The van der Waals surface area contributed by atoms with Crippen molar-refractivity contribution in [2.75, 3.05) is 55.9 Å². The van der Waals surface area contributed by atoms with Gasteiger partial charge >= 0.3 is 0 Å². The third-order valence-electron chi connectivity index (χ3n) is 6.85. The predicted molar refractivity (Wildman–Crippen MR) is 157 cm³/mol. The lowest BCUT2D eigenvalue weighted by Gasteiger charge is -2.23. The Morgan fingerprint density at radius 1 is 1.00 bits per heavy atom. The molecule has 5 rings (SSSR count). The molecule has 0 atom stereocenters. The molecule has 0 saturated carbocycles. The molecular weight excluding hydrogens is 526 g/mol. The highest BCUT2D eigenvalue weighted by Crippen LogP contribution is 2.41. The second-order valence-corrected chi connectivity index (χ2v) is 10.0. The van der Waals surface area contributed by atoms with E-state index in [1.54, 1.807) is 30.0 Å². The number of hydrogen-bond donors (Lipinski definition) is 2. The van der Waals surface area contributed by atoms with Crippen molar-refractivity contribution in [1.82, 2.24) is 4.90 Å². The van der Waals surface area contributed by atoms with E-state index in [1.807, 2.05) is 44.4 Å². The Balaban J connectivity index is 1.53. The quantitative estimate of drug-likeness (QED) is 0.222. The van der Waals surface area contributed by atoms with Gasteiger partial charge in [-0.15, -0.1) is 0 Å². The zero-order valence-corrected chi connectivity index (χ0v) is 23.1. The molecule has 212 valence electrons. The van der Waals surface area contributed by atoms with Crippen LogP contribution in [0.5, 0.6) is 11.5 Å². The first kappa shape index (κ1) is 27.7. The summed E-state index contributed by atoms with van der Waals surface area (Å²) in [5.74, 6) is 0.732. The fourth-order valence-corrected chi connectivity index (χ4v) is 4.88. The van der Waals surface area contributed by atoms with E-state index in [1.165, 1.54) is 12.1 Å². The number of nitro benzene ring substituents is 1. The topological polar surface area (TPSA) is 126 Å². The summed E-state index contributed by atoms with van der Waals surface area (Å²) in [5.41, 5.74) is 3.75. The number of amides is 2. The van der Waals surface area contributed by atoms with Crippen molar-refractivity contribution in [2.24, 2.45) is 0 Å². The van der Waals surface area contributed by atoms with Crippen LogP contribution in [0.15, 0.2) is 60.7 Å². The summed E-state index contributed by atoms with van der Waals surface area (Å²) in [6.45, 7) is 3.86. The Kier molecular flexibility index (Phi) is 7.88. The van der Waals surface area contributed by atoms with Crippen molar-refractivity contribution < 1.29 is 24.0 Å². The van der Waals surface area contributed by atoms with E-state index in [0.717, 1.165) is 18.7 Å². The van der Waals surface area contributed by atoms with Crippen molar-refractivity contribution >= 4 is 45.8 Å². The van der Waals surface area contributed by atoms with Gasteiger partial charge in [0.1, 0.15) is 13.2 Å². The lowest BCUT2D eigenvalue weighted by molar-refractivity contribution is -0.384. The molecule has 2 N–H and O–H groups in total. The van der Waals surface area contributed by atoms with Gasteiger partial charge < -0.3 is 29.9 Å². The summed E-state index contributed by atoms with van der Waals surface area (Å²) >= 11 is 0. The standard InChI is InChI=1S/C30H31N5O6/c1-19(36)34(14-4-13-33(2)3)22-8-6-21(7-9-22)31-29(20-5-12-26-27(17-20)41-16-15-40-26)28-24-11-10-23(35(38)39)18-25(24)32-30(28)37/h5-12,17-18,31H,4,13-16H2,1-3H3,(H,32,37). The molecule has 0 radical (unpaired) electrons. The van der Waals surface area contributed by atoms with Gasteiger partial charge in [-0.1, -0.05) is 0 Å². The molecule has 3 aromatic rings. The molecule has 0 spiro atoms. The molecule has 0 bridgehead atoms. The summed E-state index contributed by atoms with van der Waals surface area (Å²) in [4.78, 5) is 40.3. The number of rotatable bonds is 9. The maximum Gasteiger partial charge on any atom is 0.271 e. The molecule has 3 aromatic carbocycles. The molecule has 41 heavy (non-hydrogen) atoms. The van der Waals surface area contributed by atoms with E-state index in [-0.39, 0.29) is 11.6 Å². The van der Waals surface area contributed by atoms with Gasteiger partial charge in [0.05, 0.1) is 21.9 Å². The molecule has 2 heterocycles. The number of carbonyl (C=O) groups is 2. The minimum atomic E-state index is -0.499. The monoisotopic (exact) mass is 557 g/mol. The Labute approximate surface area is 237 Å². The van der Waals surface area contributed by atoms with E-state index in [0.29, 0.717) is 65.0 Å². The Morgan fingerprint density at radius 3 is 2.41 bits per heavy atom. The van der Waals surface area contributed by atoms with Crippen LogP contribution < -0.4 is 25.0 Å².